The van der Waals surface area contributed by atoms with Crippen molar-refractivity contribution in [3.8, 4) is 11.3 Å². The van der Waals surface area contributed by atoms with E-state index in [2.05, 4.69) is 9.97 Å². The fourth-order valence-corrected chi connectivity index (χ4v) is 2.20. The Morgan fingerprint density at radius 1 is 1.10 bits per heavy atom. The molecule has 3 aromatic rings. The molecule has 7 heteroatoms. The molecule has 0 amide bonds. The Balaban J connectivity index is 2.24. The van der Waals surface area contributed by atoms with E-state index in [0.717, 1.165) is 12.1 Å². The van der Waals surface area contributed by atoms with Crippen molar-refractivity contribution >= 4 is 11.0 Å². The summed E-state index contributed by atoms with van der Waals surface area (Å²) in [7, 11) is 1.77. The quantitative estimate of drug-likeness (QED) is 0.639. The van der Waals surface area contributed by atoms with Crippen LogP contribution in [0.4, 0.5) is 17.6 Å². The molecular formula is C14H9F4N3. The summed E-state index contributed by atoms with van der Waals surface area (Å²) in [4.78, 5) is 8.10. The van der Waals surface area contributed by atoms with Crippen LogP contribution < -0.4 is 0 Å². The lowest BCUT2D eigenvalue weighted by molar-refractivity contribution is -0.139. The highest BCUT2D eigenvalue weighted by Gasteiger charge is 2.34. The minimum absolute atomic E-state index is 0.197. The summed E-state index contributed by atoms with van der Waals surface area (Å²) in [6.07, 6.45) is -1.74. The number of rotatable bonds is 1. The van der Waals surface area contributed by atoms with E-state index in [-0.39, 0.29) is 5.56 Å². The second-order valence-electron chi connectivity index (χ2n) is 4.58. The van der Waals surface area contributed by atoms with Crippen LogP contribution in [0, 0.1) is 5.82 Å². The van der Waals surface area contributed by atoms with E-state index in [1.165, 1.54) is 12.4 Å². The van der Waals surface area contributed by atoms with E-state index in [0.29, 0.717) is 16.7 Å². The molecule has 1 aromatic carbocycles. The van der Waals surface area contributed by atoms with Crippen LogP contribution in [0.15, 0.2) is 36.8 Å². The van der Waals surface area contributed by atoms with Crippen molar-refractivity contribution in [3.63, 3.8) is 0 Å². The first kappa shape index (κ1) is 13.5. The number of fused-ring (bicyclic) bond motifs is 1. The number of aryl methyl sites for hydroxylation is 1. The fraction of sp³-hybridized carbons (Fsp3) is 0.143. The highest BCUT2D eigenvalue weighted by Crippen LogP contribution is 2.35. The topological polar surface area (TPSA) is 30.7 Å². The Hall–Kier alpha value is -2.44. The van der Waals surface area contributed by atoms with Gasteiger partial charge in [-0.25, -0.2) is 14.4 Å². The van der Waals surface area contributed by atoms with Crippen molar-refractivity contribution in [3.05, 3.63) is 48.2 Å². The van der Waals surface area contributed by atoms with Gasteiger partial charge in [-0.3, -0.25) is 0 Å². The summed E-state index contributed by atoms with van der Waals surface area (Å²) >= 11 is 0. The van der Waals surface area contributed by atoms with Gasteiger partial charge in [0, 0.05) is 24.2 Å². The van der Waals surface area contributed by atoms with Gasteiger partial charge in [0.15, 0.2) is 0 Å². The number of benzene rings is 1. The summed E-state index contributed by atoms with van der Waals surface area (Å²) in [5, 5.41) is 0.611. The number of hydrogen-bond acceptors (Lipinski definition) is 2. The Kier molecular flexibility index (Phi) is 2.93. The molecule has 0 spiro atoms. The lowest BCUT2D eigenvalue weighted by Crippen LogP contribution is -2.08. The van der Waals surface area contributed by atoms with Crippen molar-refractivity contribution in [2.45, 2.75) is 6.18 Å². The lowest BCUT2D eigenvalue weighted by atomic mass is 10.1. The van der Waals surface area contributed by atoms with Gasteiger partial charge >= 0.3 is 6.18 Å². The zero-order valence-corrected chi connectivity index (χ0v) is 10.8. The molecule has 0 saturated heterocycles. The fourth-order valence-electron chi connectivity index (χ4n) is 2.20. The molecule has 0 atom stereocenters. The molecule has 0 aliphatic carbocycles. The van der Waals surface area contributed by atoms with E-state index >= 15 is 0 Å². The first-order valence-electron chi connectivity index (χ1n) is 6.01. The van der Waals surface area contributed by atoms with Gasteiger partial charge in [0.05, 0.1) is 11.3 Å². The molecule has 21 heavy (non-hydrogen) atoms. The van der Waals surface area contributed by atoms with Crippen molar-refractivity contribution in [1.82, 2.24) is 14.5 Å². The third-order valence-corrected chi connectivity index (χ3v) is 3.21. The molecule has 0 aliphatic heterocycles. The van der Waals surface area contributed by atoms with Crippen LogP contribution in [0.5, 0.6) is 0 Å². The van der Waals surface area contributed by atoms with E-state index in [4.69, 9.17) is 0 Å². The Morgan fingerprint density at radius 2 is 1.86 bits per heavy atom. The van der Waals surface area contributed by atoms with Crippen molar-refractivity contribution < 1.29 is 17.6 Å². The predicted molar refractivity (Wildman–Crippen MR) is 68.9 cm³/mol. The lowest BCUT2D eigenvalue weighted by Gasteiger charge is -2.10. The second kappa shape index (κ2) is 4.54. The molecular weight excluding hydrogens is 286 g/mol. The smallest absolute Gasteiger partial charge is 0.335 e. The number of nitrogens with zero attached hydrogens (tertiary/aromatic N) is 3. The van der Waals surface area contributed by atoms with Gasteiger partial charge in [-0.1, -0.05) is 0 Å². The zero-order valence-electron chi connectivity index (χ0n) is 10.8. The van der Waals surface area contributed by atoms with E-state index in [1.54, 1.807) is 23.9 Å². The third kappa shape index (κ3) is 2.24. The maximum absolute atomic E-state index is 13.3. The number of alkyl halides is 3. The third-order valence-electron chi connectivity index (χ3n) is 3.21. The molecule has 0 bridgehead atoms. The molecule has 0 aliphatic rings. The van der Waals surface area contributed by atoms with Gasteiger partial charge < -0.3 is 4.57 Å². The van der Waals surface area contributed by atoms with Crippen LogP contribution in [-0.2, 0) is 13.2 Å². The molecule has 3 rings (SSSR count). The monoisotopic (exact) mass is 295 g/mol. The zero-order chi connectivity index (χ0) is 15.2. The summed E-state index contributed by atoms with van der Waals surface area (Å²) in [6, 6.07) is 4.56. The highest BCUT2D eigenvalue weighted by molar-refractivity contribution is 5.90. The normalized spacial score (nSPS) is 12.0. The molecule has 0 fully saturated rings. The summed E-state index contributed by atoms with van der Waals surface area (Å²) in [5.41, 5.74) is -0.172. The van der Waals surface area contributed by atoms with Crippen LogP contribution in [0.3, 0.4) is 0 Å². The van der Waals surface area contributed by atoms with E-state index in [1.807, 2.05) is 0 Å². The molecule has 0 unspecified atom stereocenters. The SMILES string of the molecule is Cn1ccc2c(-c3ccc(F)c(C(F)(F)F)c3)ncnc21. The number of halogens is 4. The Labute approximate surface area is 116 Å². The average molecular weight is 295 g/mol. The van der Waals surface area contributed by atoms with Gasteiger partial charge in [0.25, 0.3) is 0 Å². The van der Waals surface area contributed by atoms with Crippen LogP contribution in [0.2, 0.25) is 0 Å². The summed E-state index contributed by atoms with van der Waals surface area (Å²) < 4.78 is 53.4. The Morgan fingerprint density at radius 3 is 2.57 bits per heavy atom. The molecule has 3 nitrogen and oxygen atoms in total. The second-order valence-corrected chi connectivity index (χ2v) is 4.58. The minimum Gasteiger partial charge on any atom is -0.335 e. The number of aromatic nitrogens is 3. The summed E-state index contributed by atoms with van der Waals surface area (Å²) in [6.45, 7) is 0. The Bertz CT molecular complexity index is 821. The van der Waals surface area contributed by atoms with Gasteiger partial charge in [-0.05, 0) is 24.3 Å². The van der Waals surface area contributed by atoms with E-state index in [9.17, 15) is 17.6 Å². The van der Waals surface area contributed by atoms with Crippen molar-refractivity contribution in [1.29, 1.82) is 0 Å². The molecule has 0 radical (unpaired) electrons. The van der Waals surface area contributed by atoms with Crippen LogP contribution in [0.25, 0.3) is 22.3 Å². The highest BCUT2D eigenvalue weighted by atomic mass is 19.4. The number of hydrogen-bond donors (Lipinski definition) is 0. The van der Waals surface area contributed by atoms with Crippen LogP contribution in [0.1, 0.15) is 5.56 Å². The van der Waals surface area contributed by atoms with Crippen molar-refractivity contribution in [2.75, 3.05) is 0 Å². The molecule has 108 valence electrons. The molecule has 0 saturated carbocycles. The van der Waals surface area contributed by atoms with Gasteiger partial charge in [0.2, 0.25) is 0 Å². The maximum Gasteiger partial charge on any atom is 0.419 e. The van der Waals surface area contributed by atoms with Gasteiger partial charge in [0.1, 0.15) is 17.8 Å². The maximum atomic E-state index is 13.3. The predicted octanol–water partition coefficient (Wildman–Crippen LogP) is 3.79. The molecule has 0 N–H and O–H groups in total. The van der Waals surface area contributed by atoms with Gasteiger partial charge in [-0.2, -0.15) is 13.2 Å². The van der Waals surface area contributed by atoms with Gasteiger partial charge in [-0.15, -0.1) is 0 Å². The summed E-state index contributed by atoms with van der Waals surface area (Å²) in [5.74, 6) is -1.30. The molecule has 2 aromatic heterocycles. The minimum atomic E-state index is -4.75. The first-order valence-corrected chi connectivity index (χ1v) is 6.01. The van der Waals surface area contributed by atoms with Crippen LogP contribution >= 0.6 is 0 Å². The largest absolute Gasteiger partial charge is 0.419 e. The first-order chi connectivity index (χ1) is 9.88. The van der Waals surface area contributed by atoms with Crippen LogP contribution in [-0.4, -0.2) is 14.5 Å². The average Bonchev–Trinajstić information content (AvgIpc) is 2.80. The standard InChI is InChI=1S/C14H9F4N3/c1-21-5-4-9-12(19-7-20-13(9)21)8-2-3-11(15)10(6-8)14(16,17)18/h2-7H,1H3. The van der Waals surface area contributed by atoms with E-state index < -0.39 is 17.6 Å². The molecule has 2 heterocycles. The van der Waals surface area contributed by atoms with Crippen molar-refractivity contribution in [2.24, 2.45) is 7.05 Å².